The zero-order valence-corrected chi connectivity index (χ0v) is 13.5. The van der Waals surface area contributed by atoms with Crippen LogP contribution in [0.4, 0.5) is 0 Å². The molecule has 114 valence electrons. The molecular weight excluding hydrogens is 260 g/mol. The Kier molecular flexibility index (Phi) is 5.15. The lowest BCUT2D eigenvalue weighted by molar-refractivity contribution is 0.515. The van der Waals surface area contributed by atoms with Gasteiger partial charge in [-0.15, -0.1) is 0 Å². The number of nitrogens with two attached hydrogens (primary N) is 1. The van der Waals surface area contributed by atoms with Crippen LogP contribution in [0.25, 0.3) is 0 Å². The Morgan fingerprint density at radius 1 is 1.33 bits per heavy atom. The van der Waals surface area contributed by atoms with Crippen LogP contribution < -0.4 is 11.3 Å². The number of nitrogens with one attached hydrogen (secondary N) is 1. The number of benzene rings is 1. The number of hydrogen-bond acceptors (Lipinski definition) is 3. The molecule has 0 saturated heterocycles. The van der Waals surface area contributed by atoms with E-state index in [-0.39, 0.29) is 6.04 Å². The molecule has 1 aromatic heterocycles. The predicted octanol–water partition coefficient (Wildman–Crippen LogP) is 2.74. The fourth-order valence-electron chi connectivity index (χ4n) is 2.84. The van der Waals surface area contributed by atoms with E-state index in [0.717, 1.165) is 25.0 Å². The standard InChI is InChI=1S/C17H26N4/c1-5-14-7-6-8-15(11-14)17(19-18)10-9-16-12(2)20-21(4)13(16)3/h6-8,11,17,19H,5,9-10,18H2,1-4H3. The van der Waals surface area contributed by atoms with Crippen molar-refractivity contribution in [2.75, 3.05) is 0 Å². The van der Waals surface area contributed by atoms with Crippen LogP contribution in [0.5, 0.6) is 0 Å². The van der Waals surface area contributed by atoms with E-state index in [1.54, 1.807) is 0 Å². The molecule has 0 saturated carbocycles. The van der Waals surface area contributed by atoms with Crippen LogP contribution in [0.15, 0.2) is 24.3 Å². The highest BCUT2D eigenvalue weighted by molar-refractivity contribution is 5.28. The zero-order valence-electron chi connectivity index (χ0n) is 13.5. The van der Waals surface area contributed by atoms with Crippen LogP contribution in [0.1, 0.15) is 47.5 Å². The summed E-state index contributed by atoms with van der Waals surface area (Å²) in [4.78, 5) is 0. The van der Waals surface area contributed by atoms with E-state index in [2.05, 4.69) is 55.6 Å². The van der Waals surface area contributed by atoms with Gasteiger partial charge >= 0.3 is 0 Å². The molecule has 1 atom stereocenters. The molecule has 0 fully saturated rings. The molecule has 1 heterocycles. The first-order valence-electron chi connectivity index (χ1n) is 7.60. The lowest BCUT2D eigenvalue weighted by Gasteiger charge is -2.17. The molecule has 4 nitrogen and oxygen atoms in total. The third-order valence-electron chi connectivity index (χ3n) is 4.30. The van der Waals surface area contributed by atoms with Gasteiger partial charge in [-0.3, -0.25) is 16.0 Å². The van der Waals surface area contributed by atoms with E-state index in [9.17, 15) is 0 Å². The lowest BCUT2D eigenvalue weighted by atomic mass is 9.97. The summed E-state index contributed by atoms with van der Waals surface area (Å²) in [5.74, 6) is 5.77. The van der Waals surface area contributed by atoms with Gasteiger partial charge in [0, 0.05) is 18.8 Å². The third kappa shape index (κ3) is 3.52. The first-order valence-corrected chi connectivity index (χ1v) is 7.60. The van der Waals surface area contributed by atoms with Crippen molar-refractivity contribution in [1.29, 1.82) is 0 Å². The van der Waals surface area contributed by atoms with Gasteiger partial charge in [0.05, 0.1) is 5.69 Å². The highest BCUT2D eigenvalue weighted by atomic mass is 15.3. The van der Waals surface area contributed by atoms with Gasteiger partial charge < -0.3 is 0 Å². The Morgan fingerprint density at radius 2 is 2.10 bits per heavy atom. The van der Waals surface area contributed by atoms with Crippen molar-refractivity contribution < 1.29 is 0 Å². The molecule has 21 heavy (non-hydrogen) atoms. The summed E-state index contributed by atoms with van der Waals surface area (Å²) in [6.45, 7) is 6.37. The van der Waals surface area contributed by atoms with Gasteiger partial charge in [0.15, 0.2) is 0 Å². The molecule has 1 unspecified atom stereocenters. The lowest BCUT2D eigenvalue weighted by Crippen LogP contribution is -2.28. The van der Waals surface area contributed by atoms with Crippen molar-refractivity contribution in [3.63, 3.8) is 0 Å². The van der Waals surface area contributed by atoms with Crippen molar-refractivity contribution >= 4 is 0 Å². The predicted molar refractivity (Wildman–Crippen MR) is 86.9 cm³/mol. The Morgan fingerprint density at radius 3 is 2.67 bits per heavy atom. The minimum absolute atomic E-state index is 0.176. The van der Waals surface area contributed by atoms with E-state index in [0.29, 0.717) is 0 Å². The van der Waals surface area contributed by atoms with Crippen LogP contribution in [0, 0.1) is 13.8 Å². The minimum atomic E-state index is 0.176. The molecule has 1 aromatic carbocycles. The van der Waals surface area contributed by atoms with Gasteiger partial charge in [0.2, 0.25) is 0 Å². The largest absolute Gasteiger partial charge is 0.272 e. The van der Waals surface area contributed by atoms with E-state index in [4.69, 9.17) is 5.84 Å². The second kappa shape index (κ2) is 6.87. The average Bonchev–Trinajstić information content (AvgIpc) is 2.74. The number of hydrogen-bond donors (Lipinski definition) is 2. The van der Waals surface area contributed by atoms with Gasteiger partial charge in [-0.1, -0.05) is 31.2 Å². The summed E-state index contributed by atoms with van der Waals surface area (Å²) in [7, 11) is 2.00. The van der Waals surface area contributed by atoms with Gasteiger partial charge in [-0.05, 0) is 49.8 Å². The summed E-state index contributed by atoms with van der Waals surface area (Å²) >= 11 is 0. The molecule has 3 N–H and O–H groups in total. The number of aryl methyl sites for hydroxylation is 3. The Hall–Kier alpha value is -1.65. The van der Waals surface area contributed by atoms with E-state index < -0.39 is 0 Å². The highest BCUT2D eigenvalue weighted by Gasteiger charge is 2.14. The van der Waals surface area contributed by atoms with Gasteiger partial charge in [0.1, 0.15) is 0 Å². The molecule has 0 aliphatic heterocycles. The number of rotatable bonds is 6. The van der Waals surface area contributed by atoms with E-state index in [1.807, 2.05) is 11.7 Å². The van der Waals surface area contributed by atoms with Crippen LogP contribution in [0.2, 0.25) is 0 Å². The molecule has 0 spiro atoms. The van der Waals surface area contributed by atoms with Crippen molar-refractivity contribution in [3.05, 3.63) is 52.3 Å². The van der Waals surface area contributed by atoms with Crippen molar-refractivity contribution in [2.24, 2.45) is 12.9 Å². The smallest absolute Gasteiger partial charge is 0.0628 e. The molecule has 0 bridgehead atoms. The second-order valence-electron chi connectivity index (χ2n) is 5.63. The number of aromatic nitrogens is 2. The molecule has 2 rings (SSSR count). The van der Waals surface area contributed by atoms with Crippen molar-refractivity contribution in [1.82, 2.24) is 15.2 Å². The third-order valence-corrected chi connectivity index (χ3v) is 4.30. The molecule has 2 aromatic rings. The van der Waals surface area contributed by atoms with Crippen LogP contribution in [-0.4, -0.2) is 9.78 Å². The van der Waals surface area contributed by atoms with Crippen molar-refractivity contribution in [2.45, 2.75) is 46.1 Å². The topological polar surface area (TPSA) is 55.9 Å². The Bertz CT molecular complexity index is 601. The summed E-state index contributed by atoms with van der Waals surface area (Å²) < 4.78 is 1.95. The van der Waals surface area contributed by atoms with E-state index >= 15 is 0 Å². The molecular formula is C17H26N4. The number of nitrogens with zero attached hydrogens (tertiary/aromatic N) is 2. The van der Waals surface area contributed by atoms with Gasteiger partial charge in [0.25, 0.3) is 0 Å². The maximum absolute atomic E-state index is 5.77. The molecule has 0 amide bonds. The Labute approximate surface area is 127 Å². The molecule has 4 heteroatoms. The SMILES string of the molecule is CCc1cccc(C(CCc2c(C)nn(C)c2C)NN)c1. The van der Waals surface area contributed by atoms with E-state index in [1.165, 1.54) is 22.4 Å². The monoisotopic (exact) mass is 286 g/mol. The van der Waals surface area contributed by atoms with Crippen LogP contribution in [-0.2, 0) is 19.9 Å². The van der Waals surface area contributed by atoms with Gasteiger partial charge in [-0.25, -0.2) is 0 Å². The van der Waals surface area contributed by atoms with Crippen molar-refractivity contribution in [3.8, 4) is 0 Å². The summed E-state index contributed by atoms with van der Waals surface area (Å²) in [6, 6.07) is 8.83. The molecule has 0 aliphatic carbocycles. The maximum atomic E-state index is 5.77. The zero-order chi connectivity index (χ0) is 15.4. The maximum Gasteiger partial charge on any atom is 0.0628 e. The average molecular weight is 286 g/mol. The van der Waals surface area contributed by atoms with Crippen LogP contribution >= 0.6 is 0 Å². The van der Waals surface area contributed by atoms with Crippen LogP contribution in [0.3, 0.4) is 0 Å². The second-order valence-corrected chi connectivity index (χ2v) is 5.63. The minimum Gasteiger partial charge on any atom is -0.272 e. The molecule has 0 aliphatic rings. The normalized spacial score (nSPS) is 12.6. The molecule has 0 radical (unpaired) electrons. The number of hydrazine groups is 1. The van der Waals surface area contributed by atoms with Gasteiger partial charge in [-0.2, -0.15) is 5.10 Å². The summed E-state index contributed by atoms with van der Waals surface area (Å²) in [5, 5.41) is 4.48. The summed E-state index contributed by atoms with van der Waals surface area (Å²) in [6.07, 6.45) is 3.00. The summed E-state index contributed by atoms with van der Waals surface area (Å²) in [5.41, 5.74) is 9.26. The Balaban J connectivity index is 2.12. The first-order chi connectivity index (χ1) is 10.1. The fourth-order valence-corrected chi connectivity index (χ4v) is 2.84. The quantitative estimate of drug-likeness (QED) is 0.634. The fraction of sp³-hybridized carbons (Fsp3) is 0.471. The highest BCUT2D eigenvalue weighted by Crippen LogP contribution is 2.22. The first kappa shape index (κ1) is 15.7.